The van der Waals surface area contributed by atoms with Gasteiger partial charge < -0.3 is 15.5 Å². The summed E-state index contributed by atoms with van der Waals surface area (Å²) in [5.41, 5.74) is 2.02. The van der Waals surface area contributed by atoms with Crippen molar-refractivity contribution in [3.8, 4) is 0 Å². The molecule has 2 N–H and O–H groups in total. The number of nitrogens with zero attached hydrogens (tertiary/aromatic N) is 2. The second kappa shape index (κ2) is 10.9. The molecule has 0 aromatic heterocycles. The van der Waals surface area contributed by atoms with E-state index in [1.807, 2.05) is 38.1 Å². The Kier molecular flexibility index (Phi) is 8.25. The number of nitrogens with one attached hydrogen (secondary N) is 2. The minimum absolute atomic E-state index is 0.0504. The Morgan fingerprint density at radius 2 is 1.70 bits per heavy atom. The van der Waals surface area contributed by atoms with Gasteiger partial charge >= 0.3 is 0 Å². The molecule has 8 heteroatoms. The van der Waals surface area contributed by atoms with Crippen LogP contribution in [-0.4, -0.2) is 48.8 Å². The molecule has 2 aromatic carbocycles. The van der Waals surface area contributed by atoms with Crippen LogP contribution in [0.2, 0.25) is 0 Å². The molecule has 0 aliphatic carbocycles. The Labute approximate surface area is 175 Å². The Balaban J connectivity index is 2.19. The molecule has 2 amide bonds. The Morgan fingerprint density at radius 1 is 1.07 bits per heavy atom. The second-order valence-electron chi connectivity index (χ2n) is 7.14. The summed E-state index contributed by atoms with van der Waals surface area (Å²) in [6.07, 6.45) is 2.26. The van der Waals surface area contributed by atoms with E-state index in [-0.39, 0.29) is 11.4 Å². The number of rotatable bonds is 9. The standard InChI is InChI=1S/C22H26N4O4/c1-16-5-9-18(10-6-16)21(27)24-20(22(28)23-13-4-14-25(2)3)15-17-7-11-19(12-8-17)26(29)30/h5-12,15H,4,13-14H2,1-3H3,(H,23,28)(H,24,27)/b20-15+. The molecule has 0 aliphatic rings. The summed E-state index contributed by atoms with van der Waals surface area (Å²) in [5.74, 6) is -0.834. The number of aryl methyl sites for hydroxylation is 1. The van der Waals surface area contributed by atoms with E-state index < -0.39 is 16.7 Å². The Morgan fingerprint density at radius 3 is 2.27 bits per heavy atom. The normalized spacial score (nSPS) is 11.3. The van der Waals surface area contributed by atoms with Crippen LogP contribution in [0, 0.1) is 17.0 Å². The van der Waals surface area contributed by atoms with Crippen molar-refractivity contribution in [2.75, 3.05) is 27.2 Å². The predicted molar refractivity (Wildman–Crippen MR) is 116 cm³/mol. The fourth-order valence-electron chi connectivity index (χ4n) is 2.61. The van der Waals surface area contributed by atoms with Gasteiger partial charge in [0.15, 0.2) is 0 Å². The number of hydrogen-bond acceptors (Lipinski definition) is 5. The van der Waals surface area contributed by atoms with Crippen LogP contribution in [0.15, 0.2) is 54.2 Å². The van der Waals surface area contributed by atoms with Gasteiger partial charge in [-0.1, -0.05) is 17.7 Å². The van der Waals surface area contributed by atoms with Crippen molar-refractivity contribution in [1.29, 1.82) is 0 Å². The SMILES string of the molecule is Cc1ccc(C(=O)N/C(=C/c2ccc([N+](=O)[O-])cc2)C(=O)NCCCN(C)C)cc1. The van der Waals surface area contributed by atoms with E-state index in [2.05, 4.69) is 10.6 Å². The molecule has 2 rings (SSSR count). The van der Waals surface area contributed by atoms with Gasteiger partial charge in [0.25, 0.3) is 17.5 Å². The van der Waals surface area contributed by atoms with Crippen LogP contribution < -0.4 is 10.6 Å². The molecule has 0 fully saturated rings. The van der Waals surface area contributed by atoms with Crippen LogP contribution in [0.1, 0.15) is 27.9 Å². The molecule has 0 spiro atoms. The van der Waals surface area contributed by atoms with Crippen molar-refractivity contribution in [3.05, 3.63) is 81.0 Å². The van der Waals surface area contributed by atoms with Gasteiger partial charge in [0.1, 0.15) is 5.70 Å². The number of hydrogen-bond donors (Lipinski definition) is 2. The lowest BCUT2D eigenvalue weighted by molar-refractivity contribution is -0.384. The highest BCUT2D eigenvalue weighted by molar-refractivity contribution is 6.05. The van der Waals surface area contributed by atoms with Gasteiger partial charge in [-0.15, -0.1) is 0 Å². The van der Waals surface area contributed by atoms with Gasteiger partial charge in [-0.3, -0.25) is 19.7 Å². The van der Waals surface area contributed by atoms with Gasteiger partial charge in [0.2, 0.25) is 0 Å². The lowest BCUT2D eigenvalue weighted by Crippen LogP contribution is -2.36. The Bertz CT molecular complexity index is 919. The zero-order valence-electron chi connectivity index (χ0n) is 17.3. The number of carbonyl (C=O) groups excluding carboxylic acids is 2. The van der Waals surface area contributed by atoms with Crippen molar-refractivity contribution in [1.82, 2.24) is 15.5 Å². The van der Waals surface area contributed by atoms with Gasteiger partial charge in [0.05, 0.1) is 4.92 Å². The van der Waals surface area contributed by atoms with Crippen LogP contribution in [0.5, 0.6) is 0 Å². The van der Waals surface area contributed by atoms with Crippen LogP contribution in [0.25, 0.3) is 6.08 Å². The van der Waals surface area contributed by atoms with Crippen LogP contribution >= 0.6 is 0 Å². The average molecular weight is 410 g/mol. The quantitative estimate of drug-likeness (QED) is 0.286. The highest BCUT2D eigenvalue weighted by Crippen LogP contribution is 2.14. The summed E-state index contributed by atoms with van der Waals surface area (Å²) in [4.78, 5) is 37.6. The van der Waals surface area contributed by atoms with Crippen LogP contribution in [0.3, 0.4) is 0 Å². The summed E-state index contributed by atoms with van der Waals surface area (Å²) < 4.78 is 0. The van der Waals surface area contributed by atoms with E-state index >= 15 is 0 Å². The van der Waals surface area contributed by atoms with Gasteiger partial charge in [-0.2, -0.15) is 0 Å². The molecule has 0 saturated carbocycles. The van der Waals surface area contributed by atoms with E-state index in [4.69, 9.17) is 0 Å². The van der Waals surface area contributed by atoms with Crippen molar-refractivity contribution >= 4 is 23.6 Å². The molecule has 30 heavy (non-hydrogen) atoms. The zero-order valence-corrected chi connectivity index (χ0v) is 17.3. The maximum absolute atomic E-state index is 12.7. The van der Waals surface area contributed by atoms with Crippen LogP contribution in [-0.2, 0) is 4.79 Å². The summed E-state index contributed by atoms with van der Waals surface area (Å²) in [7, 11) is 3.90. The number of non-ortho nitro benzene ring substituents is 1. The van der Waals surface area contributed by atoms with Crippen LogP contribution in [0.4, 0.5) is 5.69 Å². The first-order valence-corrected chi connectivity index (χ1v) is 9.53. The molecular weight excluding hydrogens is 384 g/mol. The summed E-state index contributed by atoms with van der Waals surface area (Å²) >= 11 is 0. The molecule has 0 heterocycles. The van der Waals surface area contributed by atoms with E-state index in [0.717, 1.165) is 18.5 Å². The topological polar surface area (TPSA) is 105 Å². The number of amides is 2. The minimum atomic E-state index is -0.495. The smallest absolute Gasteiger partial charge is 0.269 e. The van der Waals surface area contributed by atoms with Crippen molar-refractivity contribution < 1.29 is 14.5 Å². The number of carbonyl (C=O) groups is 2. The summed E-state index contributed by atoms with van der Waals surface area (Å²) in [5, 5.41) is 16.3. The molecule has 0 bridgehead atoms. The van der Waals surface area contributed by atoms with Crippen molar-refractivity contribution in [3.63, 3.8) is 0 Å². The third kappa shape index (κ3) is 7.14. The molecule has 0 unspecified atom stereocenters. The molecular formula is C22H26N4O4. The second-order valence-corrected chi connectivity index (χ2v) is 7.14. The zero-order chi connectivity index (χ0) is 22.1. The number of nitro benzene ring substituents is 1. The van der Waals surface area contributed by atoms with Gasteiger partial charge in [0, 0.05) is 24.2 Å². The predicted octanol–water partition coefficient (Wildman–Crippen LogP) is 2.74. The number of nitro groups is 1. The molecule has 0 saturated heterocycles. The fourth-order valence-corrected chi connectivity index (χ4v) is 2.61. The maximum atomic E-state index is 12.7. The lowest BCUT2D eigenvalue weighted by atomic mass is 10.1. The molecule has 0 atom stereocenters. The van der Waals surface area contributed by atoms with Gasteiger partial charge in [-0.25, -0.2) is 0 Å². The largest absolute Gasteiger partial charge is 0.351 e. The first-order valence-electron chi connectivity index (χ1n) is 9.53. The molecule has 0 aliphatic heterocycles. The van der Waals surface area contributed by atoms with Gasteiger partial charge in [-0.05, 0) is 69.9 Å². The molecule has 158 valence electrons. The molecule has 0 radical (unpaired) electrons. The fraction of sp³-hybridized carbons (Fsp3) is 0.273. The third-order valence-corrected chi connectivity index (χ3v) is 4.29. The lowest BCUT2D eigenvalue weighted by Gasteiger charge is -2.13. The molecule has 8 nitrogen and oxygen atoms in total. The highest BCUT2D eigenvalue weighted by atomic mass is 16.6. The summed E-state index contributed by atoms with van der Waals surface area (Å²) in [6.45, 7) is 3.19. The third-order valence-electron chi connectivity index (χ3n) is 4.29. The average Bonchev–Trinajstić information content (AvgIpc) is 2.71. The summed E-state index contributed by atoms with van der Waals surface area (Å²) in [6, 6.07) is 12.7. The van der Waals surface area contributed by atoms with E-state index in [1.54, 1.807) is 12.1 Å². The van der Waals surface area contributed by atoms with Crippen molar-refractivity contribution in [2.45, 2.75) is 13.3 Å². The highest BCUT2D eigenvalue weighted by Gasteiger charge is 2.15. The molecule has 2 aromatic rings. The first-order chi connectivity index (χ1) is 14.3. The van der Waals surface area contributed by atoms with E-state index in [1.165, 1.54) is 30.3 Å². The first kappa shape index (κ1) is 22.8. The minimum Gasteiger partial charge on any atom is -0.351 e. The monoisotopic (exact) mass is 410 g/mol. The Hall–Kier alpha value is -3.52. The number of benzene rings is 2. The van der Waals surface area contributed by atoms with E-state index in [0.29, 0.717) is 17.7 Å². The van der Waals surface area contributed by atoms with E-state index in [9.17, 15) is 19.7 Å². The van der Waals surface area contributed by atoms with Crippen molar-refractivity contribution in [2.24, 2.45) is 0 Å². The maximum Gasteiger partial charge on any atom is 0.269 e.